The fourth-order valence-corrected chi connectivity index (χ4v) is 3.07. The molecule has 1 aliphatic rings. The maximum absolute atomic E-state index is 9.09. The van der Waals surface area contributed by atoms with Crippen LogP contribution in [0.1, 0.15) is 36.8 Å². The van der Waals surface area contributed by atoms with Crippen molar-refractivity contribution in [3.63, 3.8) is 0 Å². The van der Waals surface area contributed by atoms with Crippen LogP contribution >= 0.6 is 0 Å². The van der Waals surface area contributed by atoms with Crippen LogP contribution in [-0.2, 0) is 11.3 Å². The normalized spacial score (nSPS) is 21.8. The molecule has 0 spiro atoms. The molecule has 0 saturated heterocycles. The van der Waals surface area contributed by atoms with Crippen LogP contribution in [0.25, 0.3) is 0 Å². The molecule has 0 aromatic heterocycles. The average molecular weight is 288 g/mol. The minimum atomic E-state index is 0.534. The van der Waals surface area contributed by atoms with Crippen molar-refractivity contribution in [2.24, 2.45) is 17.6 Å². The molecule has 0 amide bonds. The number of rotatable bonds is 6. The smallest absolute Gasteiger partial charge is 0.136 e. The highest BCUT2D eigenvalue weighted by Crippen LogP contribution is 2.29. The molecule has 1 saturated carbocycles. The zero-order valence-electron chi connectivity index (χ0n) is 12.7. The summed E-state index contributed by atoms with van der Waals surface area (Å²) in [6.07, 6.45) is 5.02. The Bertz CT molecular complexity index is 496. The molecule has 2 N–H and O–H groups in total. The summed E-state index contributed by atoms with van der Waals surface area (Å²) in [5.74, 6) is 1.79. The standard InChI is InChI=1S/C17H24N2O2/c1-20-17-7-6-13(8-16(17)10-19)11-21-12-15-5-3-2-4-14(15)9-18/h6-8,14-15H,2-5,9,11-12,18H2,1H3. The Labute approximate surface area is 126 Å². The van der Waals surface area contributed by atoms with E-state index in [0.29, 0.717) is 29.8 Å². The summed E-state index contributed by atoms with van der Waals surface area (Å²) < 4.78 is 11.0. The number of nitrogens with two attached hydrogens (primary N) is 1. The molecule has 21 heavy (non-hydrogen) atoms. The summed E-state index contributed by atoms with van der Waals surface area (Å²) in [6.45, 7) is 2.05. The Morgan fingerprint density at radius 2 is 2.05 bits per heavy atom. The van der Waals surface area contributed by atoms with Gasteiger partial charge in [-0.05, 0) is 48.9 Å². The topological polar surface area (TPSA) is 68.3 Å². The zero-order valence-corrected chi connectivity index (χ0v) is 12.7. The molecule has 4 nitrogen and oxygen atoms in total. The molecule has 4 heteroatoms. The number of hydrogen-bond donors (Lipinski definition) is 1. The predicted molar refractivity (Wildman–Crippen MR) is 81.9 cm³/mol. The Balaban J connectivity index is 1.87. The van der Waals surface area contributed by atoms with Crippen LogP contribution in [0.15, 0.2) is 18.2 Å². The van der Waals surface area contributed by atoms with Gasteiger partial charge in [-0.3, -0.25) is 0 Å². The summed E-state index contributed by atoms with van der Waals surface area (Å²) >= 11 is 0. The van der Waals surface area contributed by atoms with Crippen molar-refractivity contribution in [2.75, 3.05) is 20.3 Å². The van der Waals surface area contributed by atoms with E-state index in [2.05, 4.69) is 6.07 Å². The highest BCUT2D eigenvalue weighted by atomic mass is 16.5. The van der Waals surface area contributed by atoms with Gasteiger partial charge in [-0.15, -0.1) is 0 Å². The lowest BCUT2D eigenvalue weighted by Gasteiger charge is -2.30. The molecule has 2 atom stereocenters. The zero-order chi connectivity index (χ0) is 15.1. The summed E-state index contributed by atoms with van der Waals surface area (Å²) in [6, 6.07) is 7.74. The lowest BCUT2D eigenvalue weighted by atomic mass is 9.80. The minimum Gasteiger partial charge on any atom is -0.495 e. The van der Waals surface area contributed by atoms with Gasteiger partial charge in [0.1, 0.15) is 11.8 Å². The van der Waals surface area contributed by atoms with Gasteiger partial charge >= 0.3 is 0 Å². The van der Waals surface area contributed by atoms with Gasteiger partial charge in [0.05, 0.1) is 25.9 Å². The van der Waals surface area contributed by atoms with E-state index in [-0.39, 0.29) is 0 Å². The van der Waals surface area contributed by atoms with Crippen LogP contribution in [0.3, 0.4) is 0 Å². The Hall–Kier alpha value is -1.57. The molecule has 2 rings (SSSR count). The number of methoxy groups -OCH3 is 1. The van der Waals surface area contributed by atoms with E-state index in [1.807, 2.05) is 18.2 Å². The van der Waals surface area contributed by atoms with Gasteiger partial charge in [-0.2, -0.15) is 5.26 Å². The molecule has 1 aromatic carbocycles. The molecule has 2 unspecified atom stereocenters. The Morgan fingerprint density at radius 1 is 1.29 bits per heavy atom. The molecule has 0 aliphatic heterocycles. The maximum atomic E-state index is 9.09. The van der Waals surface area contributed by atoms with Crippen molar-refractivity contribution in [3.05, 3.63) is 29.3 Å². The molecular formula is C17H24N2O2. The third-order valence-electron chi connectivity index (χ3n) is 4.35. The molecule has 1 aliphatic carbocycles. The van der Waals surface area contributed by atoms with Crippen molar-refractivity contribution >= 4 is 0 Å². The second-order valence-corrected chi connectivity index (χ2v) is 5.70. The lowest BCUT2D eigenvalue weighted by molar-refractivity contribution is 0.0512. The van der Waals surface area contributed by atoms with E-state index < -0.39 is 0 Å². The quantitative estimate of drug-likeness (QED) is 0.874. The summed E-state index contributed by atoms with van der Waals surface area (Å²) in [4.78, 5) is 0. The Morgan fingerprint density at radius 3 is 2.71 bits per heavy atom. The van der Waals surface area contributed by atoms with Gasteiger partial charge in [0, 0.05) is 0 Å². The first-order valence-electron chi connectivity index (χ1n) is 7.63. The first kappa shape index (κ1) is 15.8. The van der Waals surface area contributed by atoms with E-state index in [0.717, 1.165) is 18.7 Å². The van der Waals surface area contributed by atoms with Crippen LogP contribution in [0.5, 0.6) is 5.75 Å². The molecular weight excluding hydrogens is 264 g/mol. The van der Waals surface area contributed by atoms with Crippen LogP contribution in [-0.4, -0.2) is 20.3 Å². The highest BCUT2D eigenvalue weighted by Gasteiger charge is 2.23. The van der Waals surface area contributed by atoms with E-state index in [9.17, 15) is 0 Å². The minimum absolute atomic E-state index is 0.534. The van der Waals surface area contributed by atoms with Crippen molar-refractivity contribution in [1.29, 1.82) is 5.26 Å². The maximum Gasteiger partial charge on any atom is 0.136 e. The predicted octanol–water partition coefficient (Wildman–Crippen LogP) is 2.85. The van der Waals surface area contributed by atoms with Crippen LogP contribution in [0, 0.1) is 23.2 Å². The number of hydrogen-bond acceptors (Lipinski definition) is 4. The van der Waals surface area contributed by atoms with Gasteiger partial charge in [0.2, 0.25) is 0 Å². The summed E-state index contributed by atoms with van der Waals surface area (Å²) in [5.41, 5.74) is 7.40. The van der Waals surface area contributed by atoms with Crippen LogP contribution < -0.4 is 10.5 Å². The van der Waals surface area contributed by atoms with Crippen molar-refractivity contribution in [2.45, 2.75) is 32.3 Å². The third-order valence-corrected chi connectivity index (χ3v) is 4.35. The first-order chi connectivity index (χ1) is 10.3. The number of nitriles is 1. The Kier molecular flexibility index (Phi) is 6.04. The van der Waals surface area contributed by atoms with Gasteiger partial charge < -0.3 is 15.2 Å². The molecule has 0 radical (unpaired) electrons. The van der Waals surface area contributed by atoms with Crippen molar-refractivity contribution < 1.29 is 9.47 Å². The molecule has 1 fully saturated rings. The van der Waals surface area contributed by atoms with E-state index in [1.165, 1.54) is 25.7 Å². The summed E-state index contributed by atoms with van der Waals surface area (Å²) in [7, 11) is 1.57. The monoisotopic (exact) mass is 288 g/mol. The first-order valence-corrected chi connectivity index (χ1v) is 7.63. The number of benzene rings is 1. The molecule has 0 bridgehead atoms. The van der Waals surface area contributed by atoms with Crippen molar-refractivity contribution in [1.82, 2.24) is 0 Å². The second kappa shape index (κ2) is 8.02. The number of ether oxygens (including phenoxy) is 2. The van der Waals surface area contributed by atoms with Gasteiger partial charge in [0.15, 0.2) is 0 Å². The highest BCUT2D eigenvalue weighted by molar-refractivity contribution is 5.45. The molecule has 0 heterocycles. The fourth-order valence-electron chi connectivity index (χ4n) is 3.07. The SMILES string of the molecule is COc1ccc(COCC2CCCCC2CN)cc1C#N. The van der Waals surface area contributed by atoms with Crippen LogP contribution in [0.2, 0.25) is 0 Å². The second-order valence-electron chi connectivity index (χ2n) is 5.70. The summed E-state index contributed by atoms with van der Waals surface area (Å²) in [5, 5.41) is 9.09. The molecule has 1 aromatic rings. The van der Waals surface area contributed by atoms with E-state index >= 15 is 0 Å². The fraction of sp³-hybridized carbons (Fsp3) is 0.588. The lowest BCUT2D eigenvalue weighted by Crippen LogP contribution is -2.29. The van der Waals surface area contributed by atoms with E-state index in [1.54, 1.807) is 7.11 Å². The third kappa shape index (κ3) is 4.20. The van der Waals surface area contributed by atoms with E-state index in [4.69, 9.17) is 20.5 Å². The largest absolute Gasteiger partial charge is 0.495 e. The van der Waals surface area contributed by atoms with Crippen LogP contribution in [0.4, 0.5) is 0 Å². The van der Waals surface area contributed by atoms with Gasteiger partial charge in [-0.1, -0.05) is 18.9 Å². The van der Waals surface area contributed by atoms with Gasteiger partial charge in [-0.25, -0.2) is 0 Å². The van der Waals surface area contributed by atoms with Gasteiger partial charge in [0.25, 0.3) is 0 Å². The van der Waals surface area contributed by atoms with Crippen molar-refractivity contribution in [3.8, 4) is 11.8 Å². The number of nitrogens with zero attached hydrogens (tertiary/aromatic N) is 1. The average Bonchev–Trinajstić information content (AvgIpc) is 2.55. The molecule has 114 valence electrons.